The Morgan fingerprint density at radius 2 is 2.00 bits per heavy atom. The van der Waals surface area contributed by atoms with Crippen molar-refractivity contribution in [2.45, 2.75) is 19.4 Å². The lowest BCUT2D eigenvalue weighted by Gasteiger charge is -2.13. The van der Waals surface area contributed by atoms with E-state index in [9.17, 15) is 4.39 Å². The number of hydrogen-bond acceptors (Lipinski definition) is 2. The van der Waals surface area contributed by atoms with Gasteiger partial charge in [-0.15, -0.1) is 0 Å². The largest absolute Gasteiger partial charge is 0.322 e. The van der Waals surface area contributed by atoms with Gasteiger partial charge in [-0.1, -0.05) is 23.7 Å². The summed E-state index contributed by atoms with van der Waals surface area (Å²) in [6.45, 7) is 1.90. The predicted octanol–water partition coefficient (Wildman–Crippen LogP) is 3.43. The molecule has 1 aromatic heterocycles. The van der Waals surface area contributed by atoms with E-state index in [1.807, 2.05) is 25.1 Å². The van der Waals surface area contributed by atoms with Gasteiger partial charge in [0.25, 0.3) is 0 Å². The third-order valence-electron chi connectivity index (χ3n) is 2.78. The number of benzene rings is 1. The topological polar surface area (TPSA) is 38.9 Å². The first-order chi connectivity index (χ1) is 8.58. The standard InChI is InChI=1S/C14H14ClFN2/c1-9-4-2-7-14(18-9)13(17)8-10-11(15)5-3-6-12(10)16/h2-7,13H,8,17H2,1H3. The van der Waals surface area contributed by atoms with Crippen LogP contribution in [0.2, 0.25) is 5.02 Å². The average Bonchev–Trinajstić information content (AvgIpc) is 2.34. The molecule has 0 fully saturated rings. The Morgan fingerprint density at radius 3 is 2.67 bits per heavy atom. The molecule has 0 bridgehead atoms. The second kappa shape index (κ2) is 5.46. The minimum Gasteiger partial charge on any atom is -0.322 e. The van der Waals surface area contributed by atoms with Gasteiger partial charge in [0.05, 0.1) is 11.7 Å². The zero-order valence-electron chi connectivity index (χ0n) is 10.0. The number of nitrogens with two attached hydrogens (primary N) is 1. The number of pyridine rings is 1. The van der Waals surface area contributed by atoms with Crippen LogP contribution < -0.4 is 5.73 Å². The minimum absolute atomic E-state index is 0.328. The fourth-order valence-electron chi connectivity index (χ4n) is 1.82. The van der Waals surface area contributed by atoms with Gasteiger partial charge in [-0.05, 0) is 37.6 Å². The van der Waals surface area contributed by atoms with Crippen LogP contribution in [-0.4, -0.2) is 4.98 Å². The van der Waals surface area contributed by atoms with E-state index in [2.05, 4.69) is 4.98 Å². The maximum Gasteiger partial charge on any atom is 0.127 e. The smallest absolute Gasteiger partial charge is 0.127 e. The molecule has 4 heteroatoms. The summed E-state index contributed by atoms with van der Waals surface area (Å²) < 4.78 is 13.6. The molecule has 2 aromatic rings. The first kappa shape index (κ1) is 13.0. The molecule has 2 nitrogen and oxygen atoms in total. The number of halogens is 2. The molecule has 0 spiro atoms. The van der Waals surface area contributed by atoms with Gasteiger partial charge in [0.2, 0.25) is 0 Å². The molecule has 0 saturated carbocycles. The summed E-state index contributed by atoms with van der Waals surface area (Å²) in [5, 5.41) is 0.401. The van der Waals surface area contributed by atoms with Crippen LogP contribution in [0.25, 0.3) is 0 Å². The van der Waals surface area contributed by atoms with Crippen molar-refractivity contribution in [2.75, 3.05) is 0 Å². The summed E-state index contributed by atoms with van der Waals surface area (Å²) in [5.74, 6) is -0.328. The maximum absolute atomic E-state index is 13.6. The molecule has 0 radical (unpaired) electrons. The molecule has 0 saturated heterocycles. The van der Waals surface area contributed by atoms with E-state index < -0.39 is 0 Å². The number of aryl methyl sites for hydroxylation is 1. The monoisotopic (exact) mass is 264 g/mol. The van der Waals surface area contributed by atoms with Gasteiger partial charge < -0.3 is 5.73 Å². The normalized spacial score (nSPS) is 12.4. The molecular formula is C14H14ClFN2. The maximum atomic E-state index is 13.6. The highest BCUT2D eigenvalue weighted by Gasteiger charge is 2.14. The van der Waals surface area contributed by atoms with Crippen molar-refractivity contribution in [3.63, 3.8) is 0 Å². The predicted molar refractivity (Wildman–Crippen MR) is 71.0 cm³/mol. The van der Waals surface area contributed by atoms with E-state index in [1.165, 1.54) is 6.07 Å². The third-order valence-corrected chi connectivity index (χ3v) is 3.13. The Kier molecular flexibility index (Phi) is 3.94. The second-order valence-electron chi connectivity index (χ2n) is 4.21. The van der Waals surface area contributed by atoms with E-state index in [0.717, 1.165) is 11.4 Å². The second-order valence-corrected chi connectivity index (χ2v) is 4.62. The first-order valence-electron chi connectivity index (χ1n) is 5.70. The highest BCUT2D eigenvalue weighted by molar-refractivity contribution is 6.31. The molecule has 0 aliphatic heterocycles. The van der Waals surface area contributed by atoms with Crippen molar-refractivity contribution in [2.24, 2.45) is 5.73 Å². The summed E-state index contributed by atoms with van der Waals surface area (Å²) in [6.07, 6.45) is 0.335. The third kappa shape index (κ3) is 2.86. The zero-order chi connectivity index (χ0) is 13.1. The van der Waals surface area contributed by atoms with Crippen LogP contribution in [0.15, 0.2) is 36.4 Å². The lowest BCUT2D eigenvalue weighted by molar-refractivity contribution is 0.589. The van der Waals surface area contributed by atoms with Gasteiger partial charge in [-0.2, -0.15) is 0 Å². The van der Waals surface area contributed by atoms with Gasteiger partial charge in [0, 0.05) is 16.3 Å². The number of nitrogens with zero attached hydrogens (tertiary/aromatic N) is 1. The number of hydrogen-bond donors (Lipinski definition) is 1. The molecule has 0 aliphatic carbocycles. The van der Waals surface area contributed by atoms with Crippen molar-refractivity contribution >= 4 is 11.6 Å². The van der Waals surface area contributed by atoms with Crippen LogP contribution in [0, 0.1) is 12.7 Å². The molecule has 0 aliphatic rings. The Bertz CT molecular complexity index is 537. The molecule has 0 amide bonds. The molecule has 1 atom stereocenters. The molecule has 1 heterocycles. The van der Waals surface area contributed by atoms with E-state index in [1.54, 1.807) is 12.1 Å². The Labute approximate surface area is 111 Å². The molecule has 18 heavy (non-hydrogen) atoms. The molecule has 2 N–H and O–H groups in total. The quantitative estimate of drug-likeness (QED) is 0.923. The Balaban J connectivity index is 2.24. The van der Waals surface area contributed by atoms with E-state index >= 15 is 0 Å². The summed E-state index contributed by atoms with van der Waals surface area (Å²) >= 11 is 5.98. The molecular weight excluding hydrogens is 251 g/mol. The summed E-state index contributed by atoms with van der Waals surface area (Å²) in [5.41, 5.74) is 8.12. The van der Waals surface area contributed by atoms with Crippen LogP contribution in [0.4, 0.5) is 4.39 Å². The minimum atomic E-state index is -0.362. The first-order valence-corrected chi connectivity index (χ1v) is 6.07. The molecule has 1 unspecified atom stereocenters. The summed E-state index contributed by atoms with van der Waals surface area (Å²) in [6, 6.07) is 9.89. The van der Waals surface area contributed by atoms with E-state index in [4.69, 9.17) is 17.3 Å². The molecule has 2 rings (SSSR count). The Hall–Kier alpha value is -1.45. The van der Waals surface area contributed by atoms with E-state index in [0.29, 0.717) is 17.0 Å². The lowest BCUT2D eigenvalue weighted by Crippen LogP contribution is -2.16. The van der Waals surface area contributed by atoms with Gasteiger partial charge in [-0.25, -0.2) is 4.39 Å². The fraction of sp³-hybridized carbons (Fsp3) is 0.214. The molecule has 94 valence electrons. The zero-order valence-corrected chi connectivity index (χ0v) is 10.8. The van der Waals surface area contributed by atoms with Crippen molar-refractivity contribution in [3.8, 4) is 0 Å². The van der Waals surface area contributed by atoms with Crippen LogP contribution in [0.3, 0.4) is 0 Å². The van der Waals surface area contributed by atoms with Crippen molar-refractivity contribution in [1.82, 2.24) is 4.98 Å². The molecule has 1 aromatic carbocycles. The van der Waals surface area contributed by atoms with E-state index in [-0.39, 0.29) is 11.9 Å². The van der Waals surface area contributed by atoms with Crippen molar-refractivity contribution < 1.29 is 4.39 Å². The van der Waals surface area contributed by atoms with Gasteiger partial charge in [-0.3, -0.25) is 4.98 Å². The van der Waals surface area contributed by atoms with Crippen LogP contribution in [-0.2, 0) is 6.42 Å². The SMILES string of the molecule is Cc1cccc(C(N)Cc2c(F)cccc2Cl)n1. The van der Waals surface area contributed by atoms with Crippen molar-refractivity contribution in [1.29, 1.82) is 0 Å². The van der Waals surface area contributed by atoms with Crippen LogP contribution >= 0.6 is 11.6 Å². The van der Waals surface area contributed by atoms with Gasteiger partial charge in [0.1, 0.15) is 5.82 Å². The van der Waals surface area contributed by atoms with Crippen LogP contribution in [0.1, 0.15) is 23.0 Å². The van der Waals surface area contributed by atoms with Crippen LogP contribution in [0.5, 0.6) is 0 Å². The fourth-order valence-corrected chi connectivity index (χ4v) is 2.06. The highest BCUT2D eigenvalue weighted by Crippen LogP contribution is 2.23. The van der Waals surface area contributed by atoms with Gasteiger partial charge >= 0.3 is 0 Å². The highest BCUT2D eigenvalue weighted by atomic mass is 35.5. The summed E-state index contributed by atoms with van der Waals surface area (Å²) in [4.78, 5) is 4.34. The summed E-state index contributed by atoms with van der Waals surface area (Å²) in [7, 11) is 0. The number of aromatic nitrogens is 1. The van der Waals surface area contributed by atoms with Gasteiger partial charge in [0.15, 0.2) is 0 Å². The lowest BCUT2D eigenvalue weighted by atomic mass is 10.0. The average molecular weight is 265 g/mol. The van der Waals surface area contributed by atoms with Crippen molar-refractivity contribution in [3.05, 3.63) is 64.2 Å². The Morgan fingerprint density at radius 1 is 1.28 bits per heavy atom. The number of rotatable bonds is 3.